The minimum atomic E-state index is -0.0571. The molecule has 2 saturated carbocycles. The Morgan fingerprint density at radius 1 is 1.12 bits per heavy atom. The summed E-state index contributed by atoms with van der Waals surface area (Å²) in [5.74, 6) is 2.90. The Morgan fingerprint density at radius 2 is 1.94 bits per heavy atom. The Bertz CT molecular complexity index is 1320. The van der Waals surface area contributed by atoms with Crippen LogP contribution in [0, 0.1) is 17.8 Å². The molecule has 172 valence electrons. The average Bonchev–Trinajstić information content (AvgIpc) is 3.65. The molecule has 6 rings (SSSR count). The highest BCUT2D eigenvalue weighted by Crippen LogP contribution is 2.49. The lowest BCUT2D eigenvalue weighted by Gasteiger charge is -2.28. The van der Waals surface area contributed by atoms with Crippen LogP contribution in [0.1, 0.15) is 38.2 Å². The van der Waals surface area contributed by atoms with Crippen molar-refractivity contribution in [2.24, 2.45) is 17.8 Å². The van der Waals surface area contributed by atoms with Gasteiger partial charge in [0.15, 0.2) is 5.76 Å². The molecule has 1 N–H and O–H groups in total. The van der Waals surface area contributed by atoms with Crippen molar-refractivity contribution in [3.8, 4) is 17.1 Å². The maximum Gasteiger partial charge on any atom is 0.244 e. The Balaban J connectivity index is 1.27. The number of furan rings is 1. The zero-order valence-corrected chi connectivity index (χ0v) is 19.4. The molecule has 0 unspecified atom stereocenters. The Hall–Kier alpha value is -3.60. The van der Waals surface area contributed by atoms with Gasteiger partial charge in [-0.05, 0) is 74.3 Å². The second-order valence-corrected chi connectivity index (χ2v) is 9.83. The number of nitrogens with one attached hydrogen (secondary N) is 1. The summed E-state index contributed by atoms with van der Waals surface area (Å²) in [6.45, 7) is 2.16. The van der Waals surface area contributed by atoms with E-state index in [2.05, 4.69) is 12.2 Å². The second kappa shape index (κ2) is 8.64. The Labute approximate surface area is 199 Å². The molecule has 0 spiro atoms. The maximum absolute atomic E-state index is 12.8. The van der Waals surface area contributed by atoms with Gasteiger partial charge in [0.2, 0.25) is 5.91 Å². The fraction of sp³-hybridized carbons (Fsp3) is 0.310. The third kappa shape index (κ3) is 3.96. The van der Waals surface area contributed by atoms with E-state index in [1.54, 1.807) is 6.08 Å². The van der Waals surface area contributed by atoms with Crippen LogP contribution in [0.4, 0.5) is 0 Å². The molecule has 5 nitrogen and oxygen atoms in total. The number of carbonyl (C=O) groups is 1. The molecule has 0 saturated heterocycles. The molecule has 2 aliphatic rings. The molecular weight excluding hydrogens is 422 g/mol. The van der Waals surface area contributed by atoms with Crippen LogP contribution < -0.4 is 5.32 Å². The van der Waals surface area contributed by atoms with Gasteiger partial charge in [0.25, 0.3) is 0 Å². The highest BCUT2D eigenvalue weighted by molar-refractivity contribution is 5.93. The number of amides is 1. The lowest BCUT2D eigenvalue weighted by atomic mass is 9.84. The minimum Gasteiger partial charge on any atom is -0.454 e. The van der Waals surface area contributed by atoms with E-state index < -0.39 is 0 Å². The van der Waals surface area contributed by atoms with Crippen molar-refractivity contribution in [3.63, 3.8) is 0 Å². The molecule has 2 aromatic carbocycles. The SMILES string of the molecule is C[C@H](NC(=O)/C=C/c1cn(-c2ccccc2)nc1-c1cc2ccccc2o1)[C@H]1C[C@H]2CC[C@H]1C2. The summed E-state index contributed by atoms with van der Waals surface area (Å²) in [6.07, 6.45) is 10.7. The summed E-state index contributed by atoms with van der Waals surface area (Å²) in [5.41, 5.74) is 3.32. The topological polar surface area (TPSA) is 60.1 Å². The van der Waals surface area contributed by atoms with E-state index in [9.17, 15) is 4.79 Å². The van der Waals surface area contributed by atoms with E-state index in [1.807, 2.05) is 77.6 Å². The molecular formula is C29H29N3O2. The quantitative estimate of drug-likeness (QED) is 0.353. The lowest BCUT2D eigenvalue weighted by molar-refractivity contribution is -0.117. The number of aromatic nitrogens is 2. The third-order valence-electron chi connectivity index (χ3n) is 7.64. The first-order chi connectivity index (χ1) is 16.6. The zero-order chi connectivity index (χ0) is 23.1. The smallest absolute Gasteiger partial charge is 0.244 e. The number of benzene rings is 2. The maximum atomic E-state index is 12.8. The molecule has 4 atom stereocenters. The summed E-state index contributed by atoms with van der Waals surface area (Å²) in [5, 5.41) is 9.06. The summed E-state index contributed by atoms with van der Waals surface area (Å²) in [6, 6.07) is 20.1. The van der Waals surface area contributed by atoms with Gasteiger partial charge in [0, 0.05) is 29.3 Å². The van der Waals surface area contributed by atoms with Crippen LogP contribution in [0.15, 0.2) is 77.4 Å². The number of nitrogens with zero attached hydrogens (tertiary/aromatic N) is 2. The van der Waals surface area contributed by atoms with E-state index >= 15 is 0 Å². The number of carbonyl (C=O) groups excluding carboxylic acids is 1. The summed E-state index contributed by atoms with van der Waals surface area (Å²) in [7, 11) is 0. The summed E-state index contributed by atoms with van der Waals surface area (Å²) >= 11 is 0. The van der Waals surface area contributed by atoms with Crippen LogP contribution in [-0.2, 0) is 4.79 Å². The van der Waals surface area contributed by atoms with Crippen molar-refractivity contribution in [1.29, 1.82) is 0 Å². The van der Waals surface area contributed by atoms with Gasteiger partial charge in [0.1, 0.15) is 11.3 Å². The predicted molar refractivity (Wildman–Crippen MR) is 134 cm³/mol. The third-order valence-corrected chi connectivity index (χ3v) is 7.64. The van der Waals surface area contributed by atoms with Gasteiger partial charge < -0.3 is 9.73 Å². The zero-order valence-electron chi connectivity index (χ0n) is 19.4. The molecule has 34 heavy (non-hydrogen) atoms. The first-order valence-electron chi connectivity index (χ1n) is 12.3. The van der Waals surface area contributed by atoms with Gasteiger partial charge in [-0.25, -0.2) is 4.68 Å². The van der Waals surface area contributed by atoms with Gasteiger partial charge in [-0.15, -0.1) is 0 Å². The lowest BCUT2D eigenvalue weighted by Crippen LogP contribution is -2.39. The number of para-hydroxylation sites is 2. The van der Waals surface area contributed by atoms with Gasteiger partial charge in [0.05, 0.1) is 5.69 Å². The van der Waals surface area contributed by atoms with E-state index in [4.69, 9.17) is 9.52 Å². The van der Waals surface area contributed by atoms with Crippen LogP contribution in [0.3, 0.4) is 0 Å². The predicted octanol–water partition coefficient (Wildman–Crippen LogP) is 6.24. The van der Waals surface area contributed by atoms with Crippen molar-refractivity contribution < 1.29 is 9.21 Å². The molecule has 2 heterocycles. The molecule has 2 aliphatic carbocycles. The van der Waals surface area contributed by atoms with Gasteiger partial charge in [-0.1, -0.05) is 42.8 Å². The standard InChI is InChI=1S/C29H29N3O2/c1-19(25-16-20-11-12-21(25)15-20)30-28(33)14-13-23-18-32(24-8-3-2-4-9-24)31-29(23)27-17-22-7-5-6-10-26(22)34-27/h2-10,13-14,17-21,25H,11-12,15-16H2,1H3,(H,30,33)/b14-13+/t19-,20-,21-,25+/m0/s1. The van der Waals surface area contributed by atoms with Crippen molar-refractivity contribution >= 4 is 23.0 Å². The van der Waals surface area contributed by atoms with Crippen molar-refractivity contribution in [3.05, 3.63) is 78.5 Å². The van der Waals surface area contributed by atoms with Gasteiger partial charge in [-0.3, -0.25) is 4.79 Å². The van der Waals surface area contributed by atoms with Gasteiger partial charge in [-0.2, -0.15) is 5.10 Å². The van der Waals surface area contributed by atoms with E-state index in [0.717, 1.165) is 34.1 Å². The number of rotatable bonds is 6. The molecule has 1 amide bonds. The largest absolute Gasteiger partial charge is 0.454 e. The van der Waals surface area contributed by atoms with E-state index in [-0.39, 0.29) is 11.9 Å². The monoisotopic (exact) mass is 451 g/mol. The number of hydrogen-bond acceptors (Lipinski definition) is 3. The molecule has 0 radical (unpaired) electrons. The van der Waals surface area contributed by atoms with E-state index in [1.165, 1.54) is 25.7 Å². The summed E-state index contributed by atoms with van der Waals surface area (Å²) < 4.78 is 7.93. The fourth-order valence-corrected chi connectivity index (χ4v) is 5.96. The van der Waals surface area contributed by atoms with Crippen molar-refractivity contribution in [2.75, 3.05) is 0 Å². The molecule has 0 aliphatic heterocycles. The molecule has 5 heteroatoms. The highest BCUT2D eigenvalue weighted by Gasteiger charge is 2.42. The van der Waals surface area contributed by atoms with Crippen molar-refractivity contribution in [1.82, 2.24) is 15.1 Å². The first-order valence-corrected chi connectivity index (χ1v) is 12.3. The normalized spacial score (nSPS) is 22.6. The fourth-order valence-electron chi connectivity index (χ4n) is 5.96. The van der Waals surface area contributed by atoms with Crippen LogP contribution in [0.5, 0.6) is 0 Å². The Kier molecular flexibility index (Phi) is 5.33. The van der Waals surface area contributed by atoms with Crippen LogP contribution in [0.2, 0.25) is 0 Å². The van der Waals surface area contributed by atoms with Crippen LogP contribution in [0.25, 0.3) is 34.2 Å². The van der Waals surface area contributed by atoms with Crippen molar-refractivity contribution in [2.45, 2.75) is 38.6 Å². The molecule has 2 fully saturated rings. The van der Waals surface area contributed by atoms with Crippen LogP contribution >= 0.6 is 0 Å². The van der Waals surface area contributed by atoms with Gasteiger partial charge >= 0.3 is 0 Å². The number of hydrogen-bond donors (Lipinski definition) is 1. The van der Waals surface area contributed by atoms with Crippen LogP contribution in [-0.4, -0.2) is 21.7 Å². The van der Waals surface area contributed by atoms with E-state index in [0.29, 0.717) is 17.4 Å². The molecule has 4 aromatic rings. The molecule has 2 aromatic heterocycles. The Morgan fingerprint density at radius 3 is 2.71 bits per heavy atom. The second-order valence-electron chi connectivity index (χ2n) is 9.83. The molecule has 2 bridgehead atoms. The summed E-state index contributed by atoms with van der Waals surface area (Å²) in [4.78, 5) is 12.8. The minimum absolute atomic E-state index is 0.0571. The highest BCUT2D eigenvalue weighted by atomic mass is 16.3. The number of fused-ring (bicyclic) bond motifs is 3. The average molecular weight is 452 g/mol. The first kappa shape index (κ1) is 21.0.